The zero-order valence-electron chi connectivity index (χ0n) is 18.5. The highest BCUT2D eigenvalue weighted by atomic mass is 32.2. The van der Waals surface area contributed by atoms with Gasteiger partial charge in [-0.3, -0.25) is 14.5 Å². The smallest absolute Gasteiger partial charge is 0.330 e. The number of para-hydroxylation sites is 1. The van der Waals surface area contributed by atoms with Crippen LogP contribution in [0.25, 0.3) is 0 Å². The number of hydrogen-bond donors (Lipinski definition) is 0. The van der Waals surface area contributed by atoms with Crippen LogP contribution >= 0.6 is 23.1 Å². The lowest BCUT2D eigenvalue weighted by atomic mass is 10.0. The minimum absolute atomic E-state index is 0.0165. The number of thioether (sulfide) groups is 1. The second-order valence-corrected chi connectivity index (χ2v) is 10.3. The molecule has 1 aromatic heterocycles. The lowest BCUT2D eigenvalue weighted by Crippen LogP contribution is -2.46. The van der Waals surface area contributed by atoms with Gasteiger partial charge >= 0.3 is 5.97 Å². The third kappa shape index (κ3) is 3.99. The molecule has 0 saturated carbocycles. The summed E-state index contributed by atoms with van der Waals surface area (Å²) in [5.74, 6) is -0.112. The van der Waals surface area contributed by atoms with Crippen molar-refractivity contribution in [3.05, 3.63) is 77.3 Å². The monoisotopic (exact) mass is 493 g/mol. The van der Waals surface area contributed by atoms with Crippen LogP contribution in [0.1, 0.15) is 31.0 Å². The molecule has 2 unspecified atom stereocenters. The minimum Gasteiger partial charge on any atom is -0.458 e. The van der Waals surface area contributed by atoms with Crippen LogP contribution in [0.3, 0.4) is 0 Å². The normalized spacial score (nSPS) is 21.4. The first kappa shape index (κ1) is 22.6. The van der Waals surface area contributed by atoms with E-state index < -0.39 is 16.9 Å². The molecule has 5 rings (SSSR count). The summed E-state index contributed by atoms with van der Waals surface area (Å²) in [5, 5.41) is 2.29. The van der Waals surface area contributed by atoms with Gasteiger partial charge in [0.1, 0.15) is 17.5 Å². The number of hydrogen-bond acceptors (Lipinski definition) is 7. The fourth-order valence-electron chi connectivity index (χ4n) is 4.53. The molecule has 3 aromatic rings. The maximum absolute atomic E-state index is 13.0. The fourth-order valence-corrected chi connectivity index (χ4v) is 7.03. The summed E-state index contributed by atoms with van der Waals surface area (Å²) in [6, 6.07) is 18.5. The van der Waals surface area contributed by atoms with Gasteiger partial charge in [-0.05, 0) is 24.1 Å². The Bertz CT molecular complexity index is 1220. The van der Waals surface area contributed by atoms with Gasteiger partial charge in [-0.2, -0.15) is 0 Å². The van der Waals surface area contributed by atoms with Gasteiger partial charge in [0, 0.05) is 24.5 Å². The SMILES string of the molecule is CC(=O)N(c1ccccc1)c1nc(COC(=O)C2CSC3(c4ccccc4)CCC(=O)N23)cs1. The number of carbonyl (C=O) groups excluding carboxylic acids is 3. The van der Waals surface area contributed by atoms with E-state index in [1.807, 2.05) is 60.7 Å². The van der Waals surface area contributed by atoms with Crippen LogP contribution < -0.4 is 4.90 Å². The molecule has 174 valence electrons. The van der Waals surface area contributed by atoms with E-state index in [2.05, 4.69) is 4.98 Å². The van der Waals surface area contributed by atoms with Gasteiger partial charge < -0.3 is 9.64 Å². The largest absolute Gasteiger partial charge is 0.458 e. The Morgan fingerprint density at radius 3 is 2.56 bits per heavy atom. The van der Waals surface area contributed by atoms with E-state index in [-0.39, 0.29) is 18.4 Å². The molecule has 9 heteroatoms. The topological polar surface area (TPSA) is 79.8 Å². The molecule has 2 aliphatic heterocycles. The highest BCUT2D eigenvalue weighted by molar-refractivity contribution is 8.00. The average Bonchev–Trinajstić information content (AvgIpc) is 3.55. The number of thiazole rings is 1. The van der Waals surface area contributed by atoms with E-state index in [9.17, 15) is 14.4 Å². The van der Waals surface area contributed by atoms with Crippen LogP contribution in [-0.4, -0.2) is 39.5 Å². The quantitative estimate of drug-likeness (QED) is 0.472. The van der Waals surface area contributed by atoms with Crippen LogP contribution in [-0.2, 0) is 30.6 Å². The summed E-state index contributed by atoms with van der Waals surface area (Å²) in [4.78, 5) is 45.3. The summed E-state index contributed by atoms with van der Waals surface area (Å²) in [5.41, 5.74) is 2.32. The molecule has 0 spiro atoms. The number of anilines is 2. The van der Waals surface area contributed by atoms with Gasteiger partial charge in [0.15, 0.2) is 5.13 Å². The molecule has 2 atom stereocenters. The summed E-state index contributed by atoms with van der Waals surface area (Å²) in [6.07, 6.45) is 1.10. The van der Waals surface area contributed by atoms with E-state index in [1.54, 1.807) is 22.0 Å². The van der Waals surface area contributed by atoms with E-state index in [4.69, 9.17) is 4.74 Å². The number of esters is 1. The Labute approximate surface area is 205 Å². The Morgan fingerprint density at radius 1 is 1.15 bits per heavy atom. The number of ether oxygens (including phenoxy) is 1. The number of carbonyl (C=O) groups is 3. The molecule has 3 heterocycles. The zero-order chi connectivity index (χ0) is 23.7. The van der Waals surface area contributed by atoms with Crippen molar-refractivity contribution in [1.82, 2.24) is 9.88 Å². The molecule has 7 nitrogen and oxygen atoms in total. The maximum atomic E-state index is 13.0. The predicted octanol–water partition coefficient (Wildman–Crippen LogP) is 4.46. The predicted molar refractivity (Wildman–Crippen MR) is 132 cm³/mol. The molecule has 2 saturated heterocycles. The van der Waals surface area contributed by atoms with Gasteiger partial charge in [-0.1, -0.05) is 48.5 Å². The molecule has 2 aliphatic rings. The Morgan fingerprint density at radius 2 is 1.85 bits per heavy atom. The molecular formula is C25H23N3O4S2. The van der Waals surface area contributed by atoms with E-state index >= 15 is 0 Å². The molecule has 0 radical (unpaired) electrons. The van der Waals surface area contributed by atoms with Crippen molar-refractivity contribution in [3.8, 4) is 0 Å². The third-order valence-electron chi connectivity index (χ3n) is 6.05. The summed E-state index contributed by atoms with van der Waals surface area (Å²) >= 11 is 2.94. The standard InChI is InChI=1S/C25H23N3O4S2/c1-17(29)27(20-10-6-3-7-11-20)24-26-19(15-33-24)14-32-23(31)21-16-34-25(13-12-22(30)28(21)25)18-8-4-2-5-9-18/h2-11,15,21H,12-14,16H2,1H3. The summed E-state index contributed by atoms with van der Waals surface area (Å²) in [7, 11) is 0. The zero-order valence-corrected chi connectivity index (χ0v) is 20.2. The number of benzene rings is 2. The van der Waals surface area contributed by atoms with Crippen LogP contribution in [0.5, 0.6) is 0 Å². The molecule has 0 aliphatic carbocycles. The minimum atomic E-state index is -0.628. The van der Waals surface area contributed by atoms with E-state index in [0.717, 1.165) is 11.3 Å². The van der Waals surface area contributed by atoms with Crippen molar-refractivity contribution < 1.29 is 19.1 Å². The van der Waals surface area contributed by atoms with Crippen LogP contribution in [0.2, 0.25) is 0 Å². The highest BCUT2D eigenvalue weighted by Crippen LogP contribution is 2.54. The van der Waals surface area contributed by atoms with Crippen molar-refractivity contribution in [2.24, 2.45) is 0 Å². The van der Waals surface area contributed by atoms with Gasteiger partial charge in [-0.25, -0.2) is 9.78 Å². The summed E-state index contributed by atoms with van der Waals surface area (Å²) in [6.45, 7) is 1.47. The van der Waals surface area contributed by atoms with Crippen LogP contribution in [0, 0.1) is 0 Å². The van der Waals surface area contributed by atoms with Gasteiger partial charge in [0.25, 0.3) is 0 Å². The second-order valence-electron chi connectivity index (χ2n) is 8.16. The lowest BCUT2D eigenvalue weighted by Gasteiger charge is -2.33. The maximum Gasteiger partial charge on any atom is 0.330 e. The molecule has 2 amide bonds. The van der Waals surface area contributed by atoms with Crippen LogP contribution in [0.4, 0.5) is 10.8 Å². The van der Waals surface area contributed by atoms with Crippen molar-refractivity contribution in [2.75, 3.05) is 10.7 Å². The number of amides is 2. The van der Waals surface area contributed by atoms with Crippen molar-refractivity contribution in [1.29, 1.82) is 0 Å². The Hall–Kier alpha value is -3.17. The Balaban J connectivity index is 1.29. The molecule has 2 fully saturated rings. The lowest BCUT2D eigenvalue weighted by molar-refractivity contribution is -0.155. The molecule has 0 N–H and O–H groups in total. The van der Waals surface area contributed by atoms with Gasteiger partial charge in [0.2, 0.25) is 11.8 Å². The molecule has 34 heavy (non-hydrogen) atoms. The van der Waals surface area contributed by atoms with E-state index in [1.165, 1.54) is 23.2 Å². The fraction of sp³-hybridized carbons (Fsp3) is 0.280. The van der Waals surface area contributed by atoms with Gasteiger partial charge in [-0.15, -0.1) is 23.1 Å². The Kier molecular flexibility index (Phi) is 6.14. The molecule has 0 bridgehead atoms. The first-order valence-electron chi connectivity index (χ1n) is 11.0. The first-order valence-corrected chi connectivity index (χ1v) is 12.8. The number of fused-ring (bicyclic) bond motifs is 1. The van der Waals surface area contributed by atoms with Crippen molar-refractivity contribution >= 4 is 51.7 Å². The highest BCUT2D eigenvalue weighted by Gasteiger charge is 2.57. The van der Waals surface area contributed by atoms with Crippen molar-refractivity contribution in [3.63, 3.8) is 0 Å². The van der Waals surface area contributed by atoms with Crippen molar-refractivity contribution in [2.45, 2.75) is 37.3 Å². The first-order chi connectivity index (χ1) is 16.5. The van der Waals surface area contributed by atoms with Gasteiger partial charge in [0.05, 0.1) is 11.4 Å². The van der Waals surface area contributed by atoms with E-state index in [0.29, 0.717) is 29.4 Å². The summed E-state index contributed by atoms with van der Waals surface area (Å²) < 4.78 is 5.60. The molecular weight excluding hydrogens is 470 g/mol. The number of aromatic nitrogens is 1. The molecule has 2 aromatic carbocycles. The second kappa shape index (κ2) is 9.23. The number of nitrogens with zero attached hydrogens (tertiary/aromatic N) is 3. The third-order valence-corrected chi connectivity index (χ3v) is 8.52. The number of rotatable bonds is 6. The average molecular weight is 494 g/mol. The van der Waals surface area contributed by atoms with Crippen LogP contribution in [0.15, 0.2) is 66.0 Å².